The summed E-state index contributed by atoms with van der Waals surface area (Å²) >= 11 is 3.60. The molecule has 1 aliphatic rings. The van der Waals surface area contributed by atoms with Crippen LogP contribution >= 0.6 is 15.9 Å². The highest BCUT2D eigenvalue weighted by Gasteiger charge is 2.23. The Kier molecular flexibility index (Phi) is 3.70. The number of aryl methyl sites for hydroxylation is 2. The summed E-state index contributed by atoms with van der Waals surface area (Å²) in [6.45, 7) is 5.22. The van der Waals surface area contributed by atoms with Crippen molar-refractivity contribution >= 4 is 15.9 Å². The second kappa shape index (κ2) is 4.88. The van der Waals surface area contributed by atoms with Crippen molar-refractivity contribution in [1.29, 1.82) is 0 Å². The van der Waals surface area contributed by atoms with Crippen molar-refractivity contribution in [3.05, 3.63) is 15.9 Å². The van der Waals surface area contributed by atoms with Gasteiger partial charge >= 0.3 is 0 Å². The molecule has 1 aromatic heterocycles. The van der Waals surface area contributed by atoms with Gasteiger partial charge in [-0.25, -0.2) is 0 Å². The molecule has 1 fully saturated rings. The summed E-state index contributed by atoms with van der Waals surface area (Å²) in [6.07, 6.45) is 4.19. The molecule has 4 heteroatoms. The van der Waals surface area contributed by atoms with E-state index in [-0.39, 0.29) is 0 Å². The van der Waals surface area contributed by atoms with E-state index in [1.54, 1.807) is 0 Å². The first kappa shape index (κ1) is 12.1. The Bertz CT molecular complexity index is 369. The van der Waals surface area contributed by atoms with Crippen molar-refractivity contribution in [2.75, 3.05) is 0 Å². The van der Waals surface area contributed by atoms with Gasteiger partial charge in [0.15, 0.2) is 0 Å². The fraction of sp³-hybridized carbons (Fsp3) is 0.750. The van der Waals surface area contributed by atoms with Gasteiger partial charge in [0.05, 0.1) is 15.9 Å². The maximum absolute atomic E-state index is 4.40. The molecule has 1 unspecified atom stereocenters. The van der Waals surface area contributed by atoms with Crippen LogP contribution in [0.5, 0.6) is 0 Å². The highest BCUT2D eigenvalue weighted by Crippen LogP contribution is 2.29. The highest BCUT2D eigenvalue weighted by atomic mass is 79.9. The topological polar surface area (TPSA) is 29.9 Å². The second-order valence-electron chi connectivity index (χ2n) is 4.83. The van der Waals surface area contributed by atoms with Gasteiger partial charge in [-0.2, -0.15) is 5.10 Å². The Morgan fingerprint density at radius 3 is 2.69 bits per heavy atom. The second-order valence-corrected chi connectivity index (χ2v) is 5.62. The lowest BCUT2D eigenvalue weighted by Crippen LogP contribution is -2.37. The third-order valence-electron chi connectivity index (χ3n) is 3.71. The molecule has 3 nitrogen and oxygen atoms in total. The average Bonchev–Trinajstić information content (AvgIpc) is 2.36. The molecular formula is C12H20BrN3. The van der Waals surface area contributed by atoms with E-state index in [1.807, 2.05) is 18.7 Å². The van der Waals surface area contributed by atoms with Gasteiger partial charge in [0.1, 0.15) is 0 Å². The molecule has 90 valence electrons. The van der Waals surface area contributed by atoms with Gasteiger partial charge in [0, 0.05) is 19.6 Å². The zero-order chi connectivity index (χ0) is 11.7. The summed E-state index contributed by atoms with van der Waals surface area (Å²) in [5.41, 5.74) is 2.30. The zero-order valence-electron chi connectivity index (χ0n) is 10.3. The number of hydrogen-bond acceptors (Lipinski definition) is 2. The molecule has 0 aromatic carbocycles. The first-order chi connectivity index (χ1) is 7.59. The van der Waals surface area contributed by atoms with E-state index in [2.05, 4.69) is 33.3 Å². The Morgan fingerprint density at radius 2 is 2.25 bits per heavy atom. The van der Waals surface area contributed by atoms with Crippen LogP contribution in [0.2, 0.25) is 0 Å². The molecule has 0 bridgehead atoms. The highest BCUT2D eigenvalue weighted by molar-refractivity contribution is 9.10. The van der Waals surface area contributed by atoms with E-state index >= 15 is 0 Å². The Balaban J connectivity index is 1.93. The van der Waals surface area contributed by atoms with Crippen molar-refractivity contribution in [2.24, 2.45) is 13.0 Å². The van der Waals surface area contributed by atoms with Crippen molar-refractivity contribution in [1.82, 2.24) is 15.1 Å². The molecule has 1 heterocycles. The van der Waals surface area contributed by atoms with Gasteiger partial charge in [0.2, 0.25) is 0 Å². The summed E-state index contributed by atoms with van der Waals surface area (Å²) < 4.78 is 3.10. The van der Waals surface area contributed by atoms with Crippen LogP contribution in [-0.4, -0.2) is 15.8 Å². The molecule has 16 heavy (non-hydrogen) atoms. The van der Waals surface area contributed by atoms with Crippen LogP contribution in [0.3, 0.4) is 0 Å². The predicted molar refractivity (Wildman–Crippen MR) is 69.3 cm³/mol. The van der Waals surface area contributed by atoms with E-state index in [0.29, 0.717) is 6.04 Å². The van der Waals surface area contributed by atoms with Gasteiger partial charge in [-0.05, 0) is 48.5 Å². The van der Waals surface area contributed by atoms with E-state index in [0.717, 1.165) is 22.6 Å². The standard InChI is InChI=1S/C12H20BrN3/c1-8(10-5-4-6-10)14-7-11-12(13)9(2)15-16(11)3/h8,10,14H,4-7H2,1-3H3. The molecule has 0 amide bonds. The summed E-state index contributed by atoms with van der Waals surface area (Å²) in [5, 5.41) is 8.00. The molecule has 1 atom stereocenters. The summed E-state index contributed by atoms with van der Waals surface area (Å²) in [5.74, 6) is 0.882. The quantitative estimate of drug-likeness (QED) is 0.922. The van der Waals surface area contributed by atoms with Gasteiger partial charge in [-0.1, -0.05) is 6.42 Å². The lowest BCUT2D eigenvalue weighted by Gasteiger charge is -2.32. The van der Waals surface area contributed by atoms with Gasteiger partial charge < -0.3 is 5.32 Å². The van der Waals surface area contributed by atoms with Crippen LogP contribution in [-0.2, 0) is 13.6 Å². The van der Waals surface area contributed by atoms with E-state index in [1.165, 1.54) is 25.0 Å². The molecule has 0 aliphatic heterocycles. The van der Waals surface area contributed by atoms with E-state index in [9.17, 15) is 0 Å². The molecule has 0 radical (unpaired) electrons. The number of rotatable bonds is 4. The minimum absolute atomic E-state index is 0.621. The normalized spacial score (nSPS) is 18.5. The van der Waals surface area contributed by atoms with E-state index in [4.69, 9.17) is 0 Å². The van der Waals surface area contributed by atoms with Crippen molar-refractivity contribution in [3.8, 4) is 0 Å². The minimum Gasteiger partial charge on any atom is -0.308 e. The third-order valence-corrected chi connectivity index (χ3v) is 4.74. The Hall–Kier alpha value is -0.350. The SMILES string of the molecule is Cc1nn(C)c(CNC(C)C2CCC2)c1Br. The predicted octanol–water partition coefficient (Wildman–Crippen LogP) is 2.77. The average molecular weight is 286 g/mol. The van der Waals surface area contributed by atoms with Gasteiger partial charge in [-0.3, -0.25) is 4.68 Å². The summed E-state index contributed by atoms with van der Waals surface area (Å²) in [6, 6.07) is 0.621. The van der Waals surface area contributed by atoms with Crippen LogP contribution < -0.4 is 5.32 Å². The first-order valence-electron chi connectivity index (χ1n) is 6.01. The monoisotopic (exact) mass is 285 g/mol. The lowest BCUT2D eigenvalue weighted by atomic mass is 9.80. The maximum Gasteiger partial charge on any atom is 0.0739 e. The molecule has 1 aromatic rings. The number of hydrogen-bond donors (Lipinski definition) is 1. The van der Waals surface area contributed by atoms with Crippen molar-refractivity contribution in [2.45, 2.75) is 45.7 Å². The minimum atomic E-state index is 0.621. The Labute approximate surface area is 106 Å². The van der Waals surface area contributed by atoms with Crippen LogP contribution in [0.1, 0.15) is 37.6 Å². The number of nitrogens with zero attached hydrogens (tertiary/aromatic N) is 2. The third kappa shape index (κ3) is 2.33. The Morgan fingerprint density at radius 1 is 1.56 bits per heavy atom. The van der Waals surface area contributed by atoms with Crippen LogP contribution in [0, 0.1) is 12.8 Å². The van der Waals surface area contributed by atoms with Crippen LogP contribution in [0.15, 0.2) is 4.47 Å². The van der Waals surface area contributed by atoms with Crippen LogP contribution in [0.25, 0.3) is 0 Å². The number of nitrogens with one attached hydrogen (secondary N) is 1. The van der Waals surface area contributed by atoms with Crippen LogP contribution in [0.4, 0.5) is 0 Å². The number of halogens is 1. The lowest BCUT2D eigenvalue weighted by molar-refractivity contribution is 0.239. The number of aromatic nitrogens is 2. The molecule has 1 saturated carbocycles. The van der Waals surface area contributed by atoms with Crippen molar-refractivity contribution < 1.29 is 0 Å². The first-order valence-corrected chi connectivity index (χ1v) is 6.80. The molecule has 2 rings (SSSR count). The zero-order valence-corrected chi connectivity index (χ0v) is 11.8. The smallest absolute Gasteiger partial charge is 0.0739 e. The molecular weight excluding hydrogens is 266 g/mol. The maximum atomic E-state index is 4.40. The van der Waals surface area contributed by atoms with Gasteiger partial charge in [-0.15, -0.1) is 0 Å². The van der Waals surface area contributed by atoms with E-state index < -0.39 is 0 Å². The summed E-state index contributed by atoms with van der Waals surface area (Å²) in [7, 11) is 2.00. The largest absolute Gasteiger partial charge is 0.308 e. The summed E-state index contributed by atoms with van der Waals surface area (Å²) in [4.78, 5) is 0. The molecule has 1 aliphatic carbocycles. The van der Waals surface area contributed by atoms with Gasteiger partial charge in [0.25, 0.3) is 0 Å². The molecule has 0 spiro atoms. The fourth-order valence-corrected chi connectivity index (χ4v) is 2.71. The molecule has 0 saturated heterocycles. The van der Waals surface area contributed by atoms with Crippen molar-refractivity contribution in [3.63, 3.8) is 0 Å². The fourth-order valence-electron chi connectivity index (χ4n) is 2.24. The molecule has 1 N–H and O–H groups in total.